The van der Waals surface area contributed by atoms with Gasteiger partial charge in [-0.25, -0.2) is 0 Å². The molecule has 0 saturated carbocycles. The van der Waals surface area contributed by atoms with Gasteiger partial charge in [-0.3, -0.25) is 4.99 Å². The summed E-state index contributed by atoms with van der Waals surface area (Å²) in [4.78, 5) is 8.55. The smallest absolute Gasteiger partial charge is 0.228 e. The van der Waals surface area contributed by atoms with Crippen LogP contribution in [0.4, 0.5) is 0 Å². The molecule has 0 aliphatic rings. The Balaban J connectivity index is 0.00000289. The van der Waals surface area contributed by atoms with Crippen molar-refractivity contribution in [2.75, 3.05) is 13.1 Å². The molecule has 18 heavy (non-hydrogen) atoms. The number of nitrogens with zero attached hydrogens (tertiary/aromatic N) is 3. The third-order valence-corrected chi connectivity index (χ3v) is 1.93. The normalized spacial score (nSPS) is 11.3. The number of hydrogen-bond donors (Lipinski definition) is 2. The summed E-state index contributed by atoms with van der Waals surface area (Å²) in [5.41, 5.74) is 0. The van der Waals surface area contributed by atoms with Gasteiger partial charge >= 0.3 is 0 Å². The van der Waals surface area contributed by atoms with E-state index in [0.717, 1.165) is 12.5 Å². The Kier molecular flexibility index (Phi) is 8.69. The maximum atomic E-state index is 5.02. The van der Waals surface area contributed by atoms with Crippen LogP contribution in [0, 0.1) is 6.92 Å². The Morgan fingerprint density at radius 1 is 1.44 bits per heavy atom. The Morgan fingerprint density at radius 2 is 2.17 bits per heavy atom. The van der Waals surface area contributed by atoms with Crippen molar-refractivity contribution in [1.29, 1.82) is 0 Å². The topological polar surface area (TPSA) is 75.3 Å². The Bertz CT molecular complexity index is 364. The standard InChI is InChI=1S/C11H21N5O.HI/c1-5-12-11(14-8(2)3)13-7-6-10-15-9(4)16-17-10;/h8H,5-7H2,1-4H3,(H2,12,13,14);1H. The molecule has 0 amide bonds. The van der Waals surface area contributed by atoms with Gasteiger partial charge in [0.1, 0.15) is 0 Å². The van der Waals surface area contributed by atoms with Crippen molar-refractivity contribution in [1.82, 2.24) is 20.8 Å². The first-order valence-electron chi connectivity index (χ1n) is 5.95. The highest BCUT2D eigenvalue weighted by atomic mass is 127. The van der Waals surface area contributed by atoms with Crippen molar-refractivity contribution < 1.29 is 4.52 Å². The lowest BCUT2D eigenvalue weighted by atomic mass is 10.4. The summed E-state index contributed by atoms with van der Waals surface area (Å²) in [5.74, 6) is 2.11. The Labute approximate surface area is 125 Å². The van der Waals surface area contributed by atoms with Crippen LogP contribution in [0.2, 0.25) is 0 Å². The summed E-state index contributed by atoms with van der Waals surface area (Å²) in [6.45, 7) is 9.48. The number of aromatic nitrogens is 2. The molecule has 0 unspecified atom stereocenters. The first-order valence-corrected chi connectivity index (χ1v) is 5.95. The minimum atomic E-state index is 0. The lowest BCUT2D eigenvalue weighted by Gasteiger charge is -2.13. The first-order chi connectivity index (χ1) is 8.11. The van der Waals surface area contributed by atoms with E-state index in [0.29, 0.717) is 30.7 Å². The highest BCUT2D eigenvalue weighted by Gasteiger charge is 2.03. The summed E-state index contributed by atoms with van der Waals surface area (Å²) in [7, 11) is 0. The monoisotopic (exact) mass is 367 g/mol. The average Bonchev–Trinajstić information content (AvgIpc) is 2.63. The quantitative estimate of drug-likeness (QED) is 0.469. The first kappa shape index (κ1) is 17.1. The van der Waals surface area contributed by atoms with Crippen molar-refractivity contribution in [3.05, 3.63) is 11.7 Å². The van der Waals surface area contributed by atoms with Crippen LogP contribution in [0.1, 0.15) is 32.5 Å². The fraction of sp³-hybridized carbons (Fsp3) is 0.727. The maximum absolute atomic E-state index is 5.02. The van der Waals surface area contributed by atoms with Crippen molar-refractivity contribution in [2.45, 2.75) is 40.2 Å². The van der Waals surface area contributed by atoms with E-state index >= 15 is 0 Å². The molecular formula is C11H22IN5O. The molecule has 0 aliphatic carbocycles. The minimum absolute atomic E-state index is 0. The highest BCUT2D eigenvalue weighted by molar-refractivity contribution is 14.0. The van der Waals surface area contributed by atoms with E-state index in [9.17, 15) is 0 Å². The van der Waals surface area contributed by atoms with Gasteiger partial charge in [0, 0.05) is 19.0 Å². The van der Waals surface area contributed by atoms with E-state index < -0.39 is 0 Å². The van der Waals surface area contributed by atoms with Crippen LogP contribution in [0.3, 0.4) is 0 Å². The SMILES string of the molecule is CCNC(=NCCc1nc(C)no1)NC(C)C.I. The van der Waals surface area contributed by atoms with E-state index in [1.54, 1.807) is 6.92 Å². The van der Waals surface area contributed by atoms with Gasteiger partial charge in [-0.2, -0.15) is 4.98 Å². The zero-order valence-electron chi connectivity index (χ0n) is 11.4. The average molecular weight is 367 g/mol. The number of rotatable bonds is 5. The lowest BCUT2D eigenvalue weighted by Crippen LogP contribution is -2.41. The highest BCUT2D eigenvalue weighted by Crippen LogP contribution is 1.96. The van der Waals surface area contributed by atoms with Crippen molar-refractivity contribution in [3.8, 4) is 0 Å². The predicted molar refractivity (Wildman–Crippen MR) is 82.4 cm³/mol. The van der Waals surface area contributed by atoms with Gasteiger partial charge in [-0.1, -0.05) is 5.16 Å². The molecule has 7 heteroatoms. The minimum Gasteiger partial charge on any atom is -0.357 e. The summed E-state index contributed by atoms with van der Waals surface area (Å²) < 4.78 is 5.02. The summed E-state index contributed by atoms with van der Waals surface area (Å²) in [6.07, 6.45) is 0.662. The van der Waals surface area contributed by atoms with E-state index in [1.807, 2.05) is 6.92 Å². The van der Waals surface area contributed by atoms with Crippen LogP contribution in [0.15, 0.2) is 9.52 Å². The van der Waals surface area contributed by atoms with Gasteiger partial charge in [-0.15, -0.1) is 24.0 Å². The molecule has 0 fully saturated rings. The summed E-state index contributed by atoms with van der Waals surface area (Å²) in [5, 5.41) is 10.2. The van der Waals surface area contributed by atoms with E-state index in [2.05, 4.69) is 39.6 Å². The van der Waals surface area contributed by atoms with Crippen molar-refractivity contribution >= 4 is 29.9 Å². The summed E-state index contributed by atoms with van der Waals surface area (Å²) >= 11 is 0. The molecule has 0 aliphatic heterocycles. The van der Waals surface area contributed by atoms with Gasteiger partial charge in [0.2, 0.25) is 5.89 Å². The number of aryl methyl sites for hydroxylation is 1. The second kappa shape index (κ2) is 9.12. The Hall–Kier alpha value is -0.860. The number of guanidine groups is 1. The number of halogens is 1. The van der Waals surface area contributed by atoms with Crippen molar-refractivity contribution in [3.63, 3.8) is 0 Å². The zero-order valence-corrected chi connectivity index (χ0v) is 13.7. The largest absolute Gasteiger partial charge is 0.357 e. The summed E-state index contributed by atoms with van der Waals surface area (Å²) in [6, 6.07) is 0.360. The van der Waals surface area contributed by atoms with Crippen molar-refractivity contribution in [2.24, 2.45) is 4.99 Å². The molecule has 0 atom stereocenters. The predicted octanol–water partition coefficient (Wildman–Crippen LogP) is 1.50. The zero-order chi connectivity index (χ0) is 12.7. The molecule has 0 aromatic carbocycles. The fourth-order valence-corrected chi connectivity index (χ4v) is 1.30. The molecule has 6 nitrogen and oxygen atoms in total. The van der Waals surface area contributed by atoms with Crippen LogP contribution in [0.5, 0.6) is 0 Å². The third kappa shape index (κ3) is 6.77. The molecule has 0 bridgehead atoms. The lowest BCUT2D eigenvalue weighted by molar-refractivity contribution is 0.376. The van der Waals surface area contributed by atoms with Crippen LogP contribution >= 0.6 is 24.0 Å². The number of aliphatic imine (C=N–C) groups is 1. The Morgan fingerprint density at radius 3 is 2.67 bits per heavy atom. The van der Waals surface area contributed by atoms with Crippen LogP contribution in [-0.4, -0.2) is 35.2 Å². The molecule has 0 saturated heterocycles. The van der Waals surface area contributed by atoms with E-state index in [4.69, 9.17) is 4.52 Å². The molecule has 104 valence electrons. The number of hydrogen-bond acceptors (Lipinski definition) is 4. The second-order valence-electron chi connectivity index (χ2n) is 4.05. The molecule has 1 aromatic rings. The molecule has 2 N–H and O–H groups in total. The molecule has 1 rings (SSSR count). The van der Waals surface area contributed by atoms with E-state index in [-0.39, 0.29) is 24.0 Å². The molecule has 0 spiro atoms. The van der Waals surface area contributed by atoms with Crippen LogP contribution in [-0.2, 0) is 6.42 Å². The number of nitrogens with one attached hydrogen (secondary N) is 2. The van der Waals surface area contributed by atoms with Crippen LogP contribution in [0.25, 0.3) is 0 Å². The van der Waals surface area contributed by atoms with Gasteiger partial charge in [-0.05, 0) is 27.7 Å². The third-order valence-electron chi connectivity index (χ3n) is 1.93. The fourth-order valence-electron chi connectivity index (χ4n) is 1.30. The van der Waals surface area contributed by atoms with E-state index in [1.165, 1.54) is 0 Å². The van der Waals surface area contributed by atoms with Crippen LogP contribution < -0.4 is 10.6 Å². The van der Waals surface area contributed by atoms with Gasteiger partial charge in [0.05, 0.1) is 6.54 Å². The molecular weight excluding hydrogens is 345 g/mol. The van der Waals surface area contributed by atoms with Gasteiger partial charge < -0.3 is 15.2 Å². The molecule has 1 aromatic heterocycles. The second-order valence-corrected chi connectivity index (χ2v) is 4.05. The van der Waals surface area contributed by atoms with Gasteiger partial charge in [0.25, 0.3) is 0 Å². The maximum Gasteiger partial charge on any atom is 0.228 e. The molecule has 1 heterocycles. The molecule has 0 radical (unpaired) electrons. The van der Waals surface area contributed by atoms with Gasteiger partial charge in [0.15, 0.2) is 11.8 Å².